The van der Waals surface area contributed by atoms with Crippen molar-refractivity contribution in [2.24, 2.45) is 0 Å². The average molecular weight is 244 g/mol. The van der Waals surface area contributed by atoms with Crippen LogP contribution < -0.4 is 5.32 Å². The molecule has 0 unspecified atom stereocenters. The fourth-order valence-electron chi connectivity index (χ4n) is 1.75. The zero-order chi connectivity index (χ0) is 11.0. The first-order chi connectivity index (χ1) is 7.08. The molecule has 1 heterocycles. The fraction of sp³-hybridized carbons (Fsp3) is 0.364. The lowest BCUT2D eigenvalue weighted by Crippen LogP contribution is -2.18. The summed E-state index contributed by atoms with van der Waals surface area (Å²) in [7, 11) is 0. The number of cyclic esters (lactones) is 1. The Labute approximate surface area is 100 Å². The Morgan fingerprint density at radius 1 is 1.38 bits per heavy atom. The molecule has 88 valence electrons. The van der Waals surface area contributed by atoms with Crippen molar-refractivity contribution in [1.29, 1.82) is 0 Å². The third-order valence-corrected chi connectivity index (χ3v) is 2.59. The van der Waals surface area contributed by atoms with Crippen LogP contribution in [0.5, 0.6) is 5.75 Å². The highest BCUT2D eigenvalue weighted by molar-refractivity contribution is 5.85. The highest BCUT2D eigenvalue weighted by atomic mass is 35.5. The number of alkyl carbamates (subject to hydrolysis) is 1. The molecule has 0 bridgehead atoms. The van der Waals surface area contributed by atoms with Crippen molar-refractivity contribution in [3.05, 3.63) is 28.8 Å². The highest BCUT2D eigenvalue weighted by Gasteiger charge is 2.24. The van der Waals surface area contributed by atoms with Crippen molar-refractivity contribution in [3.8, 4) is 5.75 Å². The Hall–Kier alpha value is -1.42. The predicted molar refractivity (Wildman–Crippen MR) is 62.1 cm³/mol. The minimum absolute atomic E-state index is 0. The summed E-state index contributed by atoms with van der Waals surface area (Å²) in [6.45, 7) is 4.02. The fourth-order valence-corrected chi connectivity index (χ4v) is 1.75. The third kappa shape index (κ3) is 2.22. The molecule has 1 aliphatic heterocycles. The maximum atomic E-state index is 10.9. The van der Waals surface area contributed by atoms with Crippen LogP contribution in [0.15, 0.2) is 12.1 Å². The van der Waals surface area contributed by atoms with Crippen LogP contribution >= 0.6 is 12.4 Å². The monoisotopic (exact) mass is 243 g/mol. The SMILES string of the molecule is Cc1cc([C@H]2COC(=O)N2)cc(C)c1O.Cl. The first kappa shape index (κ1) is 12.6. The van der Waals surface area contributed by atoms with E-state index < -0.39 is 0 Å². The number of carbonyl (C=O) groups excluding carboxylic acids is 1. The van der Waals surface area contributed by atoms with E-state index in [1.807, 2.05) is 26.0 Å². The largest absolute Gasteiger partial charge is 0.507 e. The summed E-state index contributed by atoms with van der Waals surface area (Å²) >= 11 is 0. The highest BCUT2D eigenvalue weighted by Crippen LogP contribution is 2.27. The van der Waals surface area contributed by atoms with Gasteiger partial charge in [0.25, 0.3) is 0 Å². The molecule has 2 rings (SSSR count). The van der Waals surface area contributed by atoms with Gasteiger partial charge < -0.3 is 15.2 Å². The number of hydrogen-bond acceptors (Lipinski definition) is 3. The lowest BCUT2D eigenvalue weighted by atomic mass is 10.0. The first-order valence-corrected chi connectivity index (χ1v) is 4.81. The normalized spacial score (nSPS) is 18.6. The van der Waals surface area contributed by atoms with Crippen LogP contribution in [0.25, 0.3) is 0 Å². The minimum Gasteiger partial charge on any atom is -0.507 e. The van der Waals surface area contributed by atoms with E-state index >= 15 is 0 Å². The molecule has 0 aliphatic carbocycles. The van der Waals surface area contributed by atoms with Crippen LogP contribution in [0.2, 0.25) is 0 Å². The number of benzene rings is 1. The molecule has 1 saturated heterocycles. The maximum absolute atomic E-state index is 10.9. The van der Waals surface area contributed by atoms with E-state index in [1.54, 1.807) is 0 Å². The van der Waals surface area contributed by atoms with E-state index in [9.17, 15) is 9.90 Å². The van der Waals surface area contributed by atoms with Crippen molar-refractivity contribution >= 4 is 18.5 Å². The lowest BCUT2D eigenvalue weighted by molar-refractivity contribution is 0.177. The Bertz CT molecular complexity index is 397. The number of ether oxygens (including phenoxy) is 1. The predicted octanol–water partition coefficient (Wildman–Crippen LogP) is 2.21. The van der Waals surface area contributed by atoms with Gasteiger partial charge in [0.1, 0.15) is 12.4 Å². The van der Waals surface area contributed by atoms with Crippen LogP contribution in [-0.2, 0) is 4.74 Å². The number of hydrogen-bond donors (Lipinski definition) is 2. The molecule has 1 aromatic carbocycles. The van der Waals surface area contributed by atoms with E-state index in [4.69, 9.17) is 4.74 Å². The zero-order valence-corrected chi connectivity index (χ0v) is 9.93. The summed E-state index contributed by atoms with van der Waals surface area (Å²) in [6.07, 6.45) is -0.386. The quantitative estimate of drug-likeness (QED) is 0.795. The molecule has 16 heavy (non-hydrogen) atoms. The number of phenols is 1. The van der Waals surface area contributed by atoms with Crippen LogP contribution in [0.4, 0.5) is 4.79 Å². The summed E-state index contributed by atoms with van der Waals surface area (Å²) in [4.78, 5) is 10.9. The van der Waals surface area contributed by atoms with Gasteiger partial charge in [0.05, 0.1) is 6.04 Å². The van der Waals surface area contributed by atoms with Crippen LogP contribution in [0.3, 0.4) is 0 Å². The van der Waals surface area contributed by atoms with Gasteiger partial charge >= 0.3 is 6.09 Å². The average Bonchev–Trinajstić information content (AvgIpc) is 2.60. The van der Waals surface area contributed by atoms with E-state index in [0.29, 0.717) is 12.4 Å². The zero-order valence-electron chi connectivity index (χ0n) is 9.11. The van der Waals surface area contributed by atoms with Crippen molar-refractivity contribution in [1.82, 2.24) is 5.32 Å². The van der Waals surface area contributed by atoms with E-state index in [-0.39, 0.29) is 24.5 Å². The van der Waals surface area contributed by atoms with Gasteiger partial charge in [-0.1, -0.05) is 12.1 Å². The molecule has 2 N–H and O–H groups in total. The Morgan fingerprint density at radius 3 is 2.38 bits per heavy atom. The number of carbonyl (C=O) groups is 1. The van der Waals surface area contributed by atoms with Gasteiger partial charge in [-0.05, 0) is 30.5 Å². The summed E-state index contributed by atoms with van der Waals surface area (Å²) in [5.41, 5.74) is 2.59. The summed E-state index contributed by atoms with van der Waals surface area (Å²) < 4.78 is 4.82. The summed E-state index contributed by atoms with van der Waals surface area (Å²) in [5.74, 6) is 0.309. The lowest BCUT2D eigenvalue weighted by Gasteiger charge is -2.11. The number of aromatic hydroxyl groups is 1. The molecule has 5 heteroatoms. The smallest absolute Gasteiger partial charge is 0.407 e. The standard InChI is InChI=1S/C11H13NO3.ClH/c1-6-3-8(4-7(2)10(6)13)9-5-15-11(14)12-9;/h3-4,9,13H,5H2,1-2H3,(H,12,14);1H/t9-;/m1./s1. The molecular formula is C11H14ClNO3. The Morgan fingerprint density at radius 2 is 1.94 bits per heavy atom. The molecule has 0 radical (unpaired) electrons. The second kappa shape index (κ2) is 4.61. The molecule has 0 aromatic heterocycles. The van der Waals surface area contributed by atoms with Gasteiger partial charge in [-0.3, -0.25) is 0 Å². The Balaban J connectivity index is 0.00000128. The molecule has 0 saturated carbocycles. The minimum atomic E-state index is -0.386. The van der Waals surface area contributed by atoms with Gasteiger partial charge in [-0.15, -0.1) is 12.4 Å². The second-order valence-corrected chi connectivity index (χ2v) is 3.80. The van der Waals surface area contributed by atoms with Crippen LogP contribution in [0, 0.1) is 13.8 Å². The number of amides is 1. The van der Waals surface area contributed by atoms with Crippen molar-refractivity contribution in [2.75, 3.05) is 6.61 Å². The number of aryl methyl sites for hydroxylation is 2. The molecule has 1 aromatic rings. The molecule has 0 spiro atoms. The van der Waals surface area contributed by atoms with Gasteiger partial charge in [0.15, 0.2) is 0 Å². The van der Waals surface area contributed by atoms with Crippen molar-refractivity contribution < 1.29 is 14.6 Å². The molecule has 1 atom stereocenters. The third-order valence-electron chi connectivity index (χ3n) is 2.59. The second-order valence-electron chi connectivity index (χ2n) is 3.80. The first-order valence-electron chi connectivity index (χ1n) is 4.81. The Kier molecular flexibility index (Phi) is 3.65. The summed E-state index contributed by atoms with van der Waals surface area (Å²) in [5, 5.41) is 12.3. The van der Waals surface area contributed by atoms with Crippen molar-refractivity contribution in [2.45, 2.75) is 19.9 Å². The maximum Gasteiger partial charge on any atom is 0.407 e. The van der Waals surface area contributed by atoms with Gasteiger partial charge in [-0.2, -0.15) is 0 Å². The molecule has 1 aliphatic rings. The number of rotatable bonds is 1. The van der Waals surface area contributed by atoms with Crippen molar-refractivity contribution in [3.63, 3.8) is 0 Å². The number of phenolic OH excluding ortho intramolecular Hbond substituents is 1. The van der Waals surface area contributed by atoms with Crippen LogP contribution in [-0.4, -0.2) is 17.8 Å². The topological polar surface area (TPSA) is 58.6 Å². The van der Waals surface area contributed by atoms with Gasteiger partial charge in [-0.25, -0.2) is 4.79 Å². The van der Waals surface area contributed by atoms with Gasteiger partial charge in [0, 0.05) is 0 Å². The molecule has 1 fully saturated rings. The summed E-state index contributed by atoms with van der Waals surface area (Å²) in [6, 6.07) is 3.62. The van der Waals surface area contributed by atoms with E-state index in [2.05, 4.69) is 5.32 Å². The molecule has 4 nitrogen and oxygen atoms in total. The number of nitrogens with one attached hydrogen (secondary N) is 1. The number of halogens is 1. The van der Waals surface area contributed by atoms with E-state index in [1.165, 1.54) is 0 Å². The van der Waals surface area contributed by atoms with E-state index in [0.717, 1.165) is 16.7 Å². The molecular weight excluding hydrogens is 230 g/mol. The molecule has 1 amide bonds. The van der Waals surface area contributed by atoms with Crippen LogP contribution in [0.1, 0.15) is 22.7 Å². The van der Waals surface area contributed by atoms with Gasteiger partial charge in [0.2, 0.25) is 0 Å².